The molecule has 7 nitrogen and oxygen atoms in total. The standard InChI is InChI=1S/C9H13N3O4S/c1-17(15,16)5-4-12-8(6-2-3-6)7(9(13)14)10-11-12/h6H,2-5H2,1H3,(H,13,14). The van der Waals surface area contributed by atoms with Gasteiger partial charge in [-0.25, -0.2) is 17.9 Å². The molecule has 0 aliphatic heterocycles. The van der Waals surface area contributed by atoms with Crippen LogP contribution in [0.15, 0.2) is 0 Å². The van der Waals surface area contributed by atoms with Gasteiger partial charge < -0.3 is 5.11 Å². The molecule has 1 N–H and O–H groups in total. The second-order valence-corrected chi connectivity index (χ2v) is 6.52. The molecule has 1 aromatic rings. The normalized spacial score (nSPS) is 16.1. The molecule has 2 rings (SSSR count). The second kappa shape index (κ2) is 4.10. The highest BCUT2D eigenvalue weighted by molar-refractivity contribution is 7.90. The summed E-state index contributed by atoms with van der Waals surface area (Å²) in [5, 5.41) is 16.3. The molecule has 8 heteroatoms. The molecule has 1 aliphatic rings. The summed E-state index contributed by atoms with van der Waals surface area (Å²) in [6.07, 6.45) is 2.96. The van der Waals surface area contributed by atoms with Gasteiger partial charge >= 0.3 is 5.97 Å². The maximum absolute atomic E-state index is 11.1. The molecule has 0 radical (unpaired) electrons. The Hall–Kier alpha value is -1.44. The molecule has 1 aromatic heterocycles. The third-order valence-electron chi connectivity index (χ3n) is 2.61. The summed E-state index contributed by atoms with van der Waals surface area (Å²) in [7, 11) is -3.09. The lowest BCUT2D eigenvalue weighted by molar-refractivity contribution is 0.0689. The molecule has 0 unspecified atom stereocenters. The molecular formula is C9H13N3O4S. The van der Waals surface area contributed by atoms with Gasteiger partial charge in [0.25, 0.3) is 0 Å². The molecule has 1 saturated carbocycles. The maximum atomic E-state index is 11.1. The zero-order valence-corrected chi connectivity index (χ0v) is 10.1. The van der Waals surface area contributed by atoms with Crippen LogP contribution in [0.4, 0.5) is 0 Å². The monoisotopic (exact) mass is 259 g/mol. The zero-order chi connectivity index (χ0) is 12.6. The van der Waals surface area contributed by atoms with E-state index >= 15 is 0 Å². The van der Waals surface area contributed by atoms with Crippen molar-refractivity contribution < 1.29 is 18.3 Å². The fourth-order valence-corrected chi connectivity index (χ4v) is 2.16. The van der Waals surface area contributed by atoms with Crippen LogP contribution >= 0.6 is 0 Å². The summed E-state index contributed by atoms with van der Waals surface area (Å²) in [5.41, 5.74) is 0.502. The largest absolute Gasteiger partial charge is 0.476 e. The van der Waals surface area contributed by atoms with Crippen molar-refractivity contribution in [3.63, 3.8) is 0 Å². The number of sulfone groups is 1. The van der Waals surface area contributed by atoms with E-state index in [9.17, 15) is 13.2 Å². The number of carboxylic acids is 1. The SMILES string of the molecule is CS(=O)(=O)CCn1nnc(C(=O)O)c1C1CC1. The van der Waals surface area contributed by atoms with Gasteiger partial charge in [-0.1, -0.05) is 5.21 Å². The van der Waals surface area contributed by atoms with Crippen LogP contribution in [0.1, 0.15) is 34.9 Å². The van der Waals surface area contributed by atoms with Gasteiger partial charge in [-0.05, 0) is 12.8 Å². The van der Waals surface area contributed by atoms with Gasteiger partial charge in [0.15, 0.2) is 5.69 Å². The highest BCUT2D eigenvalue weighted by Gasteiger charge is 2.33. The van der Waals surface area contributed by atoms with E-state index < -0.39 is 15.8 Å². The quantitative estimate of drug-likeness (QED) is 0.792. The van der Waals surface area contributed by atoms with Crippen molar-refractivity contribution in [3.05, 3.63) is 11.4 Å². The highest BCUT2D eigenvalue weighted by atomic mass is 32.2. The van der Waals surface area contributed by atoms with Crippen LogP contribution in [0.25, 0.3) is 0 Å². The van der Waals surface area contributed by atoms with Gasteiger partial charge in [-0.3, -0.25) is 0 Å². The first-order valence-corrected chi connectivity index (χ1v) is 7.29. The van der Waals surface area contributed by atoms with Crippen LogP contribution in [-0.4, -0.2) is 46.5 Å². The fourth-order valence-electron chi connectivity index (χ4n) is 1.65. The van der Waals surface area contributed by atoms with Crippen LogP contribution in [-0.2, 0) is 16.4 Å². The van der Waals surface area contributed by atoms with Crippen molar-refractivity contribution in [1.82, 2.24) is 15.0 Å². The minimum absolute atomic E-state index is 0.0546. The van der Waals surface area contributed by atoms with Gasteiger partial charge in [0.05, 0.1) is 18.0 Å². The fraction of sp³-hybridized carbons (Fsp3) is 0.667. The Balaban J connectivity index is 2.25. The van der Waals surface area contributed by atoms with E-state index in [1.165, 1.54) is 4.68 Å². The van der Waals surface area contributed by atoms with Crippen LogP contribution in [0, 0.1) is 0 Å². The number of hydrogen-bond acceptors (Lipinski definition) is 5. The van der Waals surface area contributed by atoms with Gasteiger partial charge in [0, 0.05) is 12.2 Å². The molecule has 0 aromatic carbocycles. The number of carbonyl (C=O) groups is 1. The van der Waals surface area contributed by atoms with Crippen molar-refractivity contribution >= 4 is 15.8 Å². The van der Waals surface area contributed by atoms with Crippen molar-refractivity contribution in [2.45, 2.75) is 25.3 Å². The van der Waals surface area contributed by atoms with E-state index in [1.54, 1.807) is 0 Å². The van der Waals surface area contributed by atoms with Gasteiger partial charge in [0.1, 0.15) is 9.84 Å². The average Bonchev–Trinajstić information content (AvgIpc) is 2.93. The Labute approximate surface area is 98.4 Å². The number of carboxylic acid groups (broad SMARTS) is 1. The summed E-state index contributed by atoms with van der Waals surface area (Å²) in [5.74, 6) is -1.01. The van der Waals surface area contributed by atoms with Crippen LogP contribution < -0.4 is 0 Å². The Kier molecular flexibility index (Phi) is 2.90. The van der Waals surface area contributed by atoms with Crippen molar-refractivity contribution in [2.75, 3.05) is 12.0 Å². The van der Waals surface area contributed by atoms with E-state index in [4.69, 9.17) is 5.11 Å². The molecule has 1 heterocycles. The Morgan fingerprint density at radius 3 is 2.65 bits per heavy atom. The van der Waals surface area contributed by atoms with E-state index in [-0.39, 0.29) is 23.9 Å². The third kappa shape index (κ3) is 2.82. The van der Waals surface area contributed by atoms with E-state index in [0.29, 0.717) is 5.69 Å². The molecule has 0 bridgehead atoms. The zero-order valence-electron chi connectivity index (χ0n) is 9.33. The lowest BCUT2D eigenvalue weighted by Gasteiger charge is -2.04. The molecule has 1 fully saturated rings. The first-order chi connectivity index (χ1) is 7.88. The molecule has 17 heavy (non-hydrogen) atoms. The number of hydrogen-bond donors (Lipinski definition) is 1. The minimum Gasteiger partial charge on any atom is -0.476 e. The molecule has 0 spiro atoms. The number of aromatic nitrogens is 3. The van der Waals surface area contributed by atoms with Crippen LogP contribution in [0.2, 0.25) is 0 Å². The lowest BCUT2D eigenvalue weighted by atomic mass is 10.2. The van der Waals surface area contributed by atoms with Gasteiger partial charge in [-0.15, -0.1) is 5.10 Å². The average molecular weight is 259 g/mol. The van der Waals surface area contributed by atoms with E-state index in [1.807, 2.05) is 0 Å². The van der Waals surface area contributed by atoms with Gasteiger partial charge in [-0.2, -0.15) is 0 Å². The van der Waals surface area contributed by atoms with Crippen molar-refractivity contribution in [3.8, 4) is 0 Å². The topological polar surface area (TPSA) is 102 Å². The van der Waals surface area contributed by atoms with Crippen molar-refractivity contribution in [1.29, 1.82) is 0 Å². The predicted octanol–water partition coefficient (Wildman–Crippen LogP) is -0.102. The summed E-state index contributed by atoms with van der Waals surface area (Å²) >= 11 is 0. The van der Waals surface area contributed by atoms with Crippen molar-refractivity contribution in [2.24, 2.45) is 0 Å². The first kappa shape index (κ1) is 12.0. The number of aryl methyl sites for hydroxylation is 1. The van der Waals surface area contributed by atoms with Gasteiger partial charge in [0.2, 0.25) is 0 Å². The summed E-state index contributed by atoms with van der Waals surface area (Å²) in [4.78, 5) is 10.9. The smallest absolute Gasteiger partial charge is 0.358 e. The molecule has 94 valence electrons. The first-order valence-electron chi connectivity index (χ1n) is 5.23. The highest BCUT2D eigenvalue weighted by Crippen LogP contribution is 2.41. The summed E-state index contributed by atoms with van der Waals surface area (Å²) in [6, 6.07) is 0. The molecule has 0 atom stereocenters. The Bertz CT molecular complexity index is 545. The van der Waals surface area contributed by atoms with Crippen LogP contribution in [0.3, 0.4) is 0 Å². The second-order valence-electron chi connectivity index (χ2n) is 4.26. The number of rotatable bonds is 5. The number of aromatic carboxylic acids is 1. The number of nitrogens with zero attached hydrogens (tertiary/aromatic N) is 3. The Morgan fingerprint density at radius 2 is 2.18 bits per heavy atom. The van der Waals surface area contributed by atoms with E-state index in [0.717, 1.165) is 19.1 Å². The van der Waals surface area contributed by atoms with Crippen LogP contribution in [0.5, 0.6) is 0 Å². The Morgan fingerprint density at radius 1 is 1.53 bits per heavy atom. The molecule has 1 aliphatic carbocycles. The minimum atomic E-state index is -3.09. The van der Waals surface area contributed by atoms with E-state index in [2.05, 4.69) is 10.3 Å². The molecule has 0 amide bonds. The third-order valence-corrected chi connectivity index (χ3v) is 3.54. The maximum Gasteiger partial charge on any atom is 0.358 e. The molecule has 0 saturated heterocycles. The molecular weight excluding hydrogens is 246 g/mol. The summed E-state index contributed by atoms with van der Waals surface area (Å²) in [6.45, 7) is 0.158. The summed E-state index contributed by atoms with van der Waals surface area (Å²) < 4.78 is 23.5. The lowest BCUT2D eigenvalue weighted by Crippen LogP contribution is -2.15. The predicted molar refractivity (Wildman–Crippen MR) is 58.7 cm³/mol.